The first kappa shape index (κ1) is 17.3. The molecule has 0 spiro atoms. The molecule has 0 bridgehead atoms. The lowest BCUT2D eigenvalue weighted by molar-refractivity contribution is 0.101. The third-order valence-electron chi connectivity index (χ3n) is 3.55. The average Bonchev–Trinajstić information content (AvgIpc) is 2.98. The average molecular weight is 290 g/mol. The third-order valence-corrected chi connectivity index (χ3v) is 3.55. The molecule has 4 heteroatoms. The van der Waals surface area contributed by atoms with Crippen LogP contribution in [0.25, 0.3) is 11.0 Å². The fourth-order valence-corrected chi connectivity index (χ4v) is 2.31. The number of carbonyl (C=O) groups is 1. The number of rotatable bonds is 1. The molecule has 21 heavy (non-hydrogen) atoms. The molecule has 3 rings (SSSR count). The zero-order valence-corrected chi connectivity index (χ0v) is 13.6. The van der Waals surface area contributed by atoms with E-state index in [2.05, 4.69) is 21.9 Å². The van der Waals surface area contributed by atoms with Crippen LogP contribution in [0.3, 0.4) is 0 Å². The Labute approximate surface area is 126 Å². The summed E-state index contributed by atoms with van der Waals surface area (Å²) in [6.45, 7) is 7.87. The van der Waals surface area contributed by atoms with Crippen molar-refractivity contribution in [2.75, 3.05) is 0 Å². The summed E-state index contributed by atoms with van der Waals surface area (Å²) in [7, 11) is 0. The van der Waals surface area contributed by atoms with Crippen LogP contribution in [0.4, 0.5) is 0 Å². The summed E-state index contributed by atoms with van der Waals surface area (Å²) in [5.74, 6) is 1.05. The fraction of sp³-hybridized carbons (Fsp3) is 0.588. The van der Waals surface area contributed by atoms with E-state index < -0.39 is 0 Å². The van der Waals surface area contributed by atoms with Gasteiger partial charge in [0.05, 0.1) is 0 Å². The van der Waals surface area contributed by atoms with Crippen molar-refractivity contribution in [3.05, 3.63) is 23.8 Å². The highest BCUT2D eigenvalue weighted by Crippen LogP contribution is 2.22. The number of hydrogen-bond donors (Lipinski definition) is 0. The number of hydrogen-bond acceptors (Lipinski definition) is 4. The number of carbonyl (C=O) groups excluding carboxylic acids is 1. The van der Waals surface area contributed by atoms with Crippen LogP contribution in [-0.4, -0.2) is 16.1 Å². The highest BCUT2D eigenvalue weighted by molar-refractivity contribution is 5.96. The molecule has 4 nitrogen and oxygen atoms in total. The lowest BCUT2D eigenvalue weighted by Gasteiger charge is -2.15. The second-order valence-corrected chi connectivity index (χ2v) is 5.27. The van der Waals surface area contributed by atoms with E-state index in [-0.39, 0.29) is 5.78 Å². The Morgan fingerprint density at radius 1 is 1.10 bits per heavy atom. The van der Waals surface area contributed by atoms with Crippen molar-refractivity contribution < 1.29 is 9.42 Å². The molecule has 2 aromatic rings. The Bertz CT molecular complexity index is 542. The van der Waals surface area contributed by atoms with Crippen LogP contribution in [0, 0.1) is 5.92 Å². The quantitative estimate of drug-likeness (QED) is 0.690. The minimum absolute atomic E-state index is 0.0138. The summed E-state index contributed by atoms with van der Waals surface area (Å²) < 4.78 is 4.49. The van der Waals surface area contributed by atoms with E-state index in [1.54, 1.807) is 18.2 Å². The Morgan fingerprint density at radius 3 is 2.24 bits per heavy atom. The van der Waals surface area contributed by atoms with Gasteiger partial charge < -0.3 is 0 Å². The first-order chi connectivity index (χ1) is 10.2. The molecule has 116 valence electrons. The van der Waals surface area contributed by atoms with Crippen LogP contribution >= 0.6 is 0 Å². The number of Topliss-reactive ketones (excluding diaryl/α,β-unsaturated/α-hetero) is 1. The Hall–Kier alpha value is -1.71. The summed E-state index contributed by atoms with van der Waals surface area (Å²) >= 11 is 0. The molecule has 0 unspecified atom stereocenters. The van der Waals surface area contributed by atoms with Crippen molar-refractivity contribution in [2.24, 2.45) is 5.92 Å². The van der Waals surface area contributed by atoms with E-state index in [1.807, 2.05) is 13.8 Å². The van der Waals surface area contributed by atoms with Crippen molar-refractivity contribution in [3.8, 4) is 0 Å². The number of nitrogens with zero attached hydrogens (tertiary/aromatic N) is 2. The largest absolute Gasteiger partial charge is 0.295 e. The van der Waals surface area contributed by atoms with Gasteiger partial charge in [-0.15, -0.1) is 0 Å². The van der Waals surface area contributed by atoms with Crippen molar-refractivity contribution in [1.29, 1.82) is 0 Å². The first-order valence-corrected chi connectivity index (χ1v) is 7.90. The summed E-state index contributed by atoms with van der Waals surface area (Å²) in [6, 6.07) is 5.08. The number of fused-ring (bicyclic) bond motifs is 1. The molecule has 0 aliphatic heterocycles. The normalized spacial score (nSPS) is 14.7. The van der Waals surface area contributed by atoms with E-state index in [4.69, 9.17) is 0 Å². The van der Waals surface area contributed by atoms with Crippen LogP contribution in [0.1, 0.15) is 70.2 Å². The molecular formula is C17H26N2O2. The van der Waals surface area contributed by atoms with Crippen molar-refractivity contribution >= 4 is 16.8 Å². The summed E-state index contributed by atoms with van der Waals surface area (Å²) in [4.78, 5) is 10.9. The standard InChI is InChI=1S/C8H6N2O2.C7H14.C2H6/c1-5(11)6-2-3-7-8(4-6)10-12-9-7;1-7-5-3-2-4-6-7;1-2/h2-4H,1H3;7H,2-6H2,1H3;1-2H3. The maximum absolute atomic E-state index is 10.9. The second-order valence-electron chi connectivity index (χ2n) is 5.27. The van der Waals surface area contributed by atoms with Gasteiger partial charge in [-0.3, -0.25) is 4.79 Å². The molecule has 0 amide bonds. The van der Waals surface area contributed by atoms with Gasteiger partial charge in [-0.25, -0.2) is 4.63 Å². The third kappa shape index (κ3) is 5.66. The maximum Gasteiger partial charge on any atom is 0.159 e. The van der Waals surface area contributed by atoms with Crippen LogP contribution in [-0.2, 0) is 0 Å². The Kier molecular flexibility index (Phi) is 7.65. The zero-order chi connectivity index (χ0) is 15.7. The predicted octanol–water partition coefficient (Wildman–Crippen LogP) is 5.04. The minimum Gasteiger partial charge on any atom is -0.295 e. The second kappa shape index (κ2) is 9.27. The zero-order valence-electron chi connectivity index (χ0n) is 13.6. The van der Waals surface area contributed by atoms with Crippen LogP contribution < -0.4 is 0 Å². The van der Waals surface area contributed by atoms with Crippen LogP contribution in [0.2, 0.25) is 0 Å². The van der Waals surface area contributed by atoms with E-state index in [0.717, 1.165) is 5.92 Å². The van der Waals surface area contributed by atoms with Gasteiger partial charge in [0.2, 0.25) is 0 Å². The van der Waals surface area contributed by atoms with E-state index in [9.17, 15) is 4.79 Å². The molecule has 1 heterocycles. The van der Waals surface area contributed by atoms with E-state index in [1.165, 1.54) is 39.0 Å². The monoisotopic (exact) mass is 290 g/mol. The molecule has 1 saturated carbocycles. The first-order valence-electron chi connectivity index (χ1n) is 7.90. The highest BCUT2D eigenvalue weighted by Gasteiger charge is 2.06. The van der Waals surface area contributed by atoms with Gasteiger partial charge in [0.15, 0.2) is 5.78 Å². The molecule has 0 saturated heterocycles. The molecule has 1 aliphatic rings. The lowest BCUT2D eigenvalue weighted by atomic mass is 9.91. The molecule has 0 N–H and O–H groups in total. The SMILES string of the molecule is CC.CC(=O)c1ccc2nonc2c1.CC1CCCCC1. The van der Waals surface area contributed by atoms with Gasteiger partial charge in [0.1, 0.15) is 11.0 Å². The van der Waals surface area contributed by atoms with Crippen LogP contribution in [0.15, 0.2) is 22.8 Å². The van der Waals surface area contributed by atoms with Crippen molar-refractivity contribution in [2.45, 2.75) is 59.8 Å². The van der Waals surface area contributed by atoms with Gasteiger partial charge in [-0.2, -0.15) is 0 Å². The molecule has 1 aromatic heterocycles. The molecule has 1 fully saturated rings. The molecule has 1 aliphatic carbocycles. The lowest BCUT2D eigenvalue weighted by Crippen LogP contribution is -1.99. The Balaban J connectivity index is 0.000000210. The molecular weight excluding hydrogens is 264 g/mol. The van der Waals surface area contributed by atoms with Gasteiger partial charge in [-0.05, 0) is 41.4 Å². The maximum atomic E-state index is 10.9. The topological polar surface area (TPSA) is 56.0 Å². The van der Waals surface area contributed by atoms with Gasteiger partial charge in [0.25, 0.3) is 0 Å². The van der Waals surface area contributed by atoms with E-state index in [0.29, 0.717) is 16.6 Å². The number of benzene rings is 1. The number of aromatic nitrogens is 2. The number of ketones is 1. The van der Waals surface area contributed by atoms with Crippen molar-refractivity contribution in [3.63, 3.8) is 0 Å². The molecule has 0 radical (unpaired) electrons. The smallest absolute Gasteiger partial charge is 0.159 e. The van der Waals surface area contributed by atoms with Gasteiger partial charge in [0, 0.05) is 5.56 Å². The minimum atomic E-state index is 0.0138. The van der Waals surface area contributed by atoms with E-state index >= 15 is 0 Å². The van der Waals surface area contributed by atoms with Crippen LogP contribution in [0.5, 0.6) is 0 Å². The summed E-state index contributed by atoms with van der Waals surface area (Å²) in [5.41, 5.74) is 1.90. The van der Waals surface area contributed by atoms with Gasteiger partial charge >= 0.3 is 0 Å². The highest BCUT2D eigenvalue weighted by atomic mass is 16.6. The predicted molar refractivity (Wildman–Crippen MR) is 85.4 cm³/mol. The fourth-order valence-electron chi connectivity index (χ4n) is 2.31. The molecule has 1 aromatic carbocycles. The summed E-state index contributed by atoms with van der Waals surface area (Å²) in [5, 5.41) is 7.25. The van der Waals surface area contributed by atoms with Gasteiger partial charge in [-0.1, -0.05) is 52.9 Å². The summed E-state index contributed by atoms with van der Waals surface area (Å²) in [6.07, 6.45) is 7.44. The van der Waals surface area contributed by atoms with Crippen molar-refractivity contribution in [1.82, 2.24) is 10.3 Å². The Morgan fingerprint density at radius 2 is 1.71 bits per heavy atom. The molecule has 0 atom stereocenters.